The maximum Gasteiger partial charge on any atom is 0.186 e. The van der Waals surface area contributed by atoms with Crippen LogP contribution in [0.1, 0.15) is 33.1 Å². The molecule has 0 aliphatic carbocycles. The summed E-state index contributed by atoms with van der Waals surface area (Å²) in [4.78, 5) is 0. The molecule has 0 radical (unpaired) electrons. The van der Waals surface area contributed by atoms with Crippen LogP contribution in [-0.4, -0.2) is 52.6 Å². The van der Waals surface area contributed by atoms with E-state index in [0.717, 1.165) is 12.8 Å². The van der Waals surface area contributed by atoms with Crippen LogP contribution in [0.15, 0.2) is 0 Å². The smallest absolute Gasteiger partial charge is 0.186 e. The molecule has 0 amide bonds. The molecule has 5 nitrogen and oxygen atoms in total. The fourth-order valence-corrected chi connectivity index (χ4v) is 1.74. The van der Waals surface area contributed by atoms with Crippen molar-refractivity contribution in [2.75, 3.05) is 6.61 Å². The second-order valence-electron chi connectivity index (χ2n) is 4.15. The van der Waals surface area contributed by atoms with Crippen molar-refractivity contribution in [3.8, 4) is 0 Å². The summed E-state index contributed by atoms with van der Waals surface area (Å²) >= 11 is 0. The van der Waals surface area contributed by atoms with Crippen molar-refractivity contribution in [2.24, 2.45) is 0 Å². The second-order valence-corrected chi connectivity index (χ2v) is 4.15. The summed E-state index contributed by atoms with van der Waals surface area (Å²) in [7, 11) is 0. The third-order valence-corrected chi connectivity index (χ3v) is 2.85. The first-order valence-electron chi connectivity index (χ1n) is 5.93. The average molecular weight is 234 g/mol. The van der Waals surface area contributed by atoms with Gasteiger partial charge in [0.1, 0.15) is 18.3 Å². The minimum Gasteiger partial charge on any atom is -0.388 e. The Kier molecular flexibility index (Phi) is 5.64. The molecule has 0 bridgehead atoms. The van der Waals surface area contributed by atoms with Crippen molar-refractivity contribution in [1.82, 2.24) is 0 Å². The van der Waals surface area contributed by atoms with Gasteiger partial charge < -0.3 is 24.8 Å². The highest BCUT2D eigenvalue weighted by Gasteiger charge is 2.43. The van der Waals surface area contributed by atoms with Crippen LogP contribution in [0.5, 0.6) is 0 Å². The Labute approximate surface area is 96.0 Å². The molecular weight excluding hydrogens is 212 g/mol. The number of ether oxygens (including phenoxy) is 2. The van der Waals surface area contributed by atoms with E-state index < -0.39 is 30.7 Å². The maximum absolute atomic E-state index is 9.66. The molecular formula is C11H22O5. The SMILES string of the molecule is CCCCO[C@H]1O[C@H](CC)[C@@H](O)[C@H](O)[C@H]1O. The van der Waals surface area contributed by atoms with Gasteiger partial charge in [-0.2, -0.15) is 0 Å². The fourth-order valence-electron chi connectivity index (χ4n) is 1.74. The van der Waals surface area contributed by atoms with Gasteiger partial charge in [0.15, 0.2) is 6.29 Å². The molecule has 1 heterocycles. The van der Waals surface area contributed by atoms with E-state index in [1.807, 2.05) is 13.8 Å². The van der Waals surface area contributed by atoms with Gasteiger partial charge in [0, 0.05) is 6.61 Å². The molecule has 1 saturated heterocycles. The summed E-state index contributed by atoms with van der Waals surface area (Å²) < 4.78 is 10.7. The van der Waals surface area contributed by atoms with Crippen LogP contribution in [-0.2, 0) is 9.47 Å². The van der Waals surface area contributed by atoms with Crippen molar-refractivity contribution in [2.45, 2.75) is 63.8 Å². The van der Waals surface area contributed by atoms with Crippen LogP contribution in [0.3, 0.4) is 0 Å². The zero-order valence-corrected chi connectivity index (χ0v) is 9.87. The summed E-state index contributed by atoms with van der Waals surface area (Å²) in [6.07, 6.45) is -2.32. The number of aliphatic hydroxyl groups excluding tert-OH is 3. The molecule has 96 valence electrons. The highest BCUT2D eigenvalue weighted by Crippen LogP contribution is 2.23. The lowest BCUT2D eigenvalue weighted by Crippen LogP contribution is -2.58. The van der Waals surface area contributed by atoms with E-state index in [1.165, 1.54) is 0 Å². The van der Waals surface area contributed by atoms with E-state index >= 15 is 0 Å². The standard InChI is InChI=1S/C11H22O5/c1-3-5-6-15-11-10(14)9(13)8(12)7(4-2)16-11/h7-14H,3-6H2,1-2H3/t7-,8-,9+,10-,11+/m1/s1. The summed E-state index contributed by atoms with van der Waals surface area (Å²) in [5.74, 6) is 0. The molecule has 0 aromatic heterocycles. The van der Waals surface area contributed by atoms with Gasteiger partial charge in [-0.05, 0) is 12.8 Å². The summed E-state index contributed by atoms with van der Waals surface area (Å²) in [6.45, 7) is 4.37. The van der Waals surface area contributed by atoms with Gasteiger partial charge in [0.05, 0.1) is 6.10 Å². The normalized spacial score (nSPS) is 39.9. The van der Waals surface area contributed by atoms with Crippen LogP contribution in [0.25, 0.3) is 0 Å². The van der Waals surface area contributed by atoms with E-state index in [4.69, 9.17) is 9.47 Å². The highest BCUT2D eigenvalue weighted by molar-refractivity contribution is 4.88. The molecule has 0 unspecified atom stereocenters. The van der Waals surface area contributed by atoms with Crippen molar-refractivity contribution in [3.63, 3.8) is 0 Å². The van der Waals surface area contributed by atoms with Crippen LogP contribution >= 0.6 is 0 Å². The van der Waals surface area contributed by atoms with Crippen LogP contribution < -0.4 is 0 Å². The zero-order chi connectivity index (χ0) is 12.1. The molecule has 1 fully saturated rings. The minimum atomic E-state index is -1.20. The second kappa shape index (κ2) is 6.51. The molecule has 5 heteroatoms. The van der Waals surface area contributed by atoms with Gasteiger partial charge in [-0.15, -0.1) is 0 Å². The molecule has 5 atom stereocenters. The van der Waals surface area contributed by atoms with E-state index in [0.29, 0.717) is 13.0 Å². The third-order valence-electron chi connectivity index (χ3n) is 2.85. The largest absolute Gasteiger partial charge is 0.388 e. The fraction of sp³-hybridized carbons (Fsp3) is 1.00. The lowest BCUT2D eigenvalue weighted by atomic mass is 9.97. The van der Waals surface area contributed by atoms with Crippen molar-refractivity contribution >= 4 is 0 Å². The van der Waals surface area contributed by atoms with E-state index in [1.54, 1.807) is 0 Å². The number of rotatable bonds is 5. The molecule has 1 rings (SSSR count). The Morgan fingerprint density at radius 1 is 1.06 bits per heavy atom. The Bertz CT molecular complexity index is 197. The van der Waals surface area contributed by atoms with Gasteiger partial charge in [-0.1, -0.05) is 20.3 Å². The lowest BCUT2D eigenvalue weighted by Gasteiger charge is -2.40. The number of aliphatic hydroxyl groups is 3. The zero-order valence-electron chi connectivity index (χ0n) is 9.87. The lowest BCUT2D eigenvalue weighted by molar-refractivity contribution is -0.297. The molecule has 1 aliphatic heterocycles. The van der Waals surface area contributed by atoms with Gasteiger partial charge in [0.25, 0.3) is 0 Å². The third kappa shape index (κ3) is 3.15. The predicted octanol–water partition coefficient (Wildman–Crippen LogP) is 0.0207. The van der Waals surface area contributed by atoms with Gasteiger partial charge >= 0.3 is 0 Å². The molecule has 16 heavy (non-hydrogen) atoms. The predicted molar refractivity (Wildman–Crippen MR) is 57.8 cm³/mol. The molecule has 3 N–H and O–H groups in total. The molecule has 0 saturated carbocycles. The minimum absolute atomic E-state index is 0.481. The van der Waals surface area contributed by atoms with Crippen molar-refractivity contribution in [3.05, 3.63) is 0 Å². The van der Waals surface area contributed by atoms with Crippen molar-refractivity contribution < 1.29 is 24.8 Å². The average Bonchev–Trinajstić information content (AvgIpc) is 2.29. The topological polar surface area (TPSA) is 79.2 Å². The first-order valence-corrected chi connectivity index (χ1v) is 5.93. The van der Waals surface area contributed by atoms with Crippen LogP contribution in [0.4, 0.5) is 0 Å². The summed E-state index contributed by atoms with van der Waals surface area (Å²) in [5.41, 5.74) is 0. The molecule has 1 aliphatic rings. The van der Waals surface area contributed by atoms with E-state index in [-0.39, 0.29) is 0 Å². The number of hydrogen-bond acceptors (Lipinski definition) is 5. The Morgan fingerprint density at radius 3 is 2.31 bits per heavy atom. The van der Waals surface area contributed by atoms with Gasteiger partial charge in [-0.3, -0.25) is 0 Å². The number of unbranched alkanes of at least 4 members (excludes halogenated alkanes) is 1. The van der Waals surface area contributed by atoms with Gasteiger partial charge in [0.2, 0.25) is 0 Å². The highest BCUT2D eigenvalue weighted by atomic mass is 16.7. The Hall–Kier alpha value is -0.200. The number of hydrogen-bond donors (Lipinski definition) is 3. The first-order chi connectivity index (χ1) is 7.61. The van der Waals surface area contributed by atoms with Gasteiger partial charge in [-0.25, -0.2) is 0 Å². The van der Waals surface area contributed by atoms with Crippen molar-refractivity contribution in [1.29, 1.82) is 0 Å². The maximum atomic E-state index is 9.66. The Morgan fingerprint density at radius 2 is 1.75 bits per heavy atom. The van der Waals surface area contributed by atoms with Crippen LogP contribution in [0.2, 0.25) is 0 Å². The summed E-state index contributed by atoms with van der Waals surface area (Å²) in [5, 5.41) is 28.9. The molecule has 0 aromatic carbocycles. The molecule has 0 spiro atoms. The van der Waals surface area contributed by atoms with E-state index in [9.17, 15) is 15.3 Å². The van der Waals surface area contributed by atoms with E-state index in [2.05, 4.69) is 0 Å². The Balaban J connectivity index is 2.50. The van der Waals surface area contributed by atoms with Crippen LogP contribution in [0, 0.1) is 0 Å². The monoisotopic (exact) mass is 234 g/mol. The first kappa shape index (κ1) is 13.9. The summed E-state index contributed by atoms with van der Waals surface area (Å²) in [6, 6.07) is 0. The quantitative estimate of drug-likeness (QED) is 0.584. The molecule has 0 aromatic rings.